The Morgan fingerprint density at radius 2 is 1.45 bits per heavy atom. The highest BCUT2D eigenvalue weighted by atomic mass is 14.1. The predicted molar refractivity (Wildman–Crippen MR) is 87.9 cm³/mol. The van der Waals surface area contributed by atoms with Crippen LogP contribution < -0.4 is 0 Å². The highest BCUT2D eigenvalue weighted by Gasteiger charge is 2.04. The first kappa shape index (κ1) is 12.9. The Kier molecular flexibility index (Phi) is 3.56. The van der Waals surface area contributed by atoms with Crippen molar-refractivity contribution in [2.45, 2.75) is 20.3 Å². The fourth-order valence-electron chi connectivity index (χ4n) is 2.77. The first-order chi connectivity index (χ1) is 9.74. The van der Waals surface area contributed by atoms with Crippen molar-refractivity contribution < 1.29 is 0 Å². The van der Waals surface area contributed by atoms with Crippen molar-refractivity contribution in [2.24, 2.45) is 5.92 Å². The predicted octanol–water partition coefficient (Wildman–Crippen LogP) is 5.71. The molecule has 0 aliphatic carbocycles. The lowest BCUT2D eigenvalue weighted by atomic mass is 9.96. The van der Waals surface area contributed by atoms with Gasteiger partial charge < -0.3 is 0 Å². The number of rotatable bonds is 3. The first-order valence-corrected chi connectivity index (χ1v) is 7.31. The summed E-state index contributed by atoms with van der Waals surface area (Å²) in [6.07, 6.45) is 1.15. The Bertz CT molecular complexity index is 700. The molecule has 0 N–H and O–H groups in total. The van der Waals surface area contributed by atoms with Crippen LogP contribution in [0.4, 0.5) is 0 Å². The number of hydrogen-bond donors (Lipinski definition) is 0. The van der Waals surface area contributed by atoms with Gasteiger partial charge in [0.1, 0.15) is 0 Å². The smallest absolute Gasteiger partial charge is 0.0105 e. The summed E-state index contributed by atoms with van der Waals surface area (Å²) < 4.78 is 0. The number of benzene rings is 3. The lowest BCUT2D eigenvalue weighted by molar-refractivity contribution is 0.647. The van der Waals surface area contributed by atoms with Gasteiger partial charge in [0.15, 0.2) is 0 Å². The largest absolute Gasteiger partial charge is 0.0625 e. The van der Waals surface area contributed by atoms with Crippen LogP contribution >= 0.6 is 0 Å². The van der Waals surface area contributed by atoms with Gasteiger partial charge in [0.2, 0.25) is 0 Å². The van der Waals surface area contributed by atoms with Gasteiger partial charge in [-0.05, 0) is 39.8 Å². The summed E-state index contributed by atoms with van der Waals surface area (Å²) in [6.45, 7) is 4.53. The van der Waals surface area contributed by atoms with E-state index in [0.717, 1.165) is 6.42 Å². The van der Waals surface area contributed by atoms with E-state index >= 15 is 0 Å². The van der Waals surface area contributed by atoms with Gasteiger partial charge >= 0.3 is 0 Å². The summed E-state index contributed by atoms with van der Waals surface area (Å²) in [4.78, 5) is 0. The molecule has 0 spiro atoms. The Labute approximate surface area is 121 Å². The van der Waals surface area contributed by atoms with E-state index in [1.807, 2.05) is 0 Å². The molecular formula is C20H20. The maximum Gasteiger partial charge on any atom is -0.0105 e. The molecule has 0 heterocycles. The minimum absolute atomic E-state index is 0.707. The van der Waals surface area contributed by atoms with E-state index in [4.69, 9.17) is 0 Å². The number of fused-ring (bicyclic) bond motifs is 1. The monoisotopic (exact) mass is 260 g/mol. The van der Waals surface area contributed by atoms with E-state index in [-0.39, 0.29) is 0 Å². The molecule has 0 bridgehead atoms. The Balaban J connectivity index is 2.03. The summed E-state index contributed by atoms with van der Waals surface area (Å²) in [5.74, 6) is 0.707. The second-order valence-electron chi connectivity index (χ2n) is 5.82. The van der Waals surface area contributed by atoms with E-state index in [1.54, 1.807) is 0 Å². The van der Waals surface area contributed by atoms with E-state index < -0.39 is 0 Å². The van der Waals surface area contributed by atoms with Crippen LogP contribution in [0.2, 0.25) is 0 Å². The standard InChI is InChI=1S/C20H20/c1-15(2)14-16-10-12-18(13-11-16)20-9-5-7-17-6-3-4-8-19(17)20/h3-13,15H,14H2,1-2H3. The van der Waals surface area contributed by atoms with Crippen molar-refractivity contribution in [1.82, 2.24) is 0 Å². The molecule has 3 aromatic carbocycles. The fraction of sp³-hybridized carbons (Fsp3) is 0.200. The highest BCUT2D eigenvalue weighted by Crippen LogP contribution is 2.28. The molecule has 0 aliphatic heterocycles. The third-order valence-electron chi connectivity index (χ3n) is 3.70. The van der Waals surface area contributed by atoms with E-state index in [1.165, 1.54) is 27.5 Å². The van der Waals surface area contributed by atoms with Crippen LogP contribution in [0.15, 0.2) is 66.7 Å². The van der Waals surface area contributed by atoms with Gasteiger partial charge in [-0.2, -0.15) is 0 Å². The minimum atomic E-state index is 0.707. The molecule has 3 aromatic rings. The second-order valence-corrected chi connectivity index (χ2v) is 5.82. The maximum absolute atomic E-state index is 2.26. The van der Waals surface area contributed by atoms with Gasteiger partial charge in [0.05, 0.1) is 0 Å². The molecule has 20 heavy (non-hydrogen) atoms. The first-order valence-electron chi connectivity index (χ1n) is 7.31. The molecule has 0 aliphatic rings. The zero-order valence-corrected chi connectivity index (χ0v) is 12.1. The van der Waals surface area contributed by atoms with Crippen molar-refractivity contribution in [3.8, 4) is 11.1 Å². The fourth-order valence-corrected chi connectivity index (χ4v) is 2.77. The molecule has 0 unspecified atom stereocenters. The molecule has 0 fully saturated rings. The van der Waals surface area contributed by atoms with Crippen LogP contribution in [-0.2, 0) is 6.42 Å². The molecule has 0 saturated carbocycles. The van der Waals surface area contributed by atoms with Crippen LogP contribution in [-0.4, -0.2) is 0 Å². The van der Waals surface area contributed by atoms with Gasteiger partial charge in [-0.25, -0.2) is 0 Å². The third-order valence-corrected chi connectivity index (χ3v) is 3.70. The normalized spacial score (nSPS) is 11.2. The second kappa shape index (κ2) is 5.50. The van der Waals surface area contributed by atoms with E-state index in [0.29, 0.717) is 5.92 Å². The summed E-state index contributed by atoms with van der Waals surface area (Å²) in [5, 5.41) is 2.63. The van der Waals surface area contributed by atoms with Crippen LogP contribution in [0.25, 0.3) is 21.9 Å². The van der Waals surface area contributed by atoms with Crippen molar-refractivity contribution in [1.29, 1.82) is 0 Å². The summed E-state index contributed by atoms with van der Waals surface area (Å²) >= 11 is 0. The molecule has 0 atom stereocenters. The average molecular weight is 260 g/mol. The molecule has 100 valence electrons. The molecule has 0 heteroatoms. The summed E-state index contributed by atoms with van der Waals surface area (Å²) in [7, 11) is 0. The Morgan fingerprint density at radius 3 is 2.20 bits per heavy atom. The molecule has 0 amide bonds. The van der Waals surface area contributed by atoms with Gasteiger partial charge in [0, 0.05) is 0 Å². The van der Waals surface area contributed by atoms with Crippen molar-refractivity contribution in [2.75, 3.05) is 0 Å². The molecule has 0 radical (unpaired) electrons. The Hall–Kier alpha value is -2.08. The topological polar surface area (TPSA) is 0 Å². The molecule has 0 nitrogen and oxygen atoms in total. The van der Waals surface area contributed by atoms with Gasteiger partial charge in [-0.1, -0.05) is 80.6 Å². The quantitative estimate of drug-likeness (QED) is 0.566. The minimum Gasteiger partial charge on any atom is -0.0625 e. The van der Waals surface area contributed by atoms with Crippen LogP contribution in [0.3, 0.4) is 0 Å². The zero-order chi connectivity index (χ0) is 13.9. The zero-order valence-electron chi connectivity index (χ0n) is 12.1. The van der Waals surface area contributed by atoms with E-state index in [9.17, 15) is 0 Å². The maximum atomic E-state index is 2.26. The summed E-state index contributed by atoms with van der Waals surface area (Å²) in [6, 6.07) is 24.1. The average Bonchev–Trinajstić information content (AvgIpc) is 2.47. The van der Waals surface area contributed by atoms with Crippen molar-refractivity contribution >= 4 is 10.8 Å². The van der Waals surface area contributed by atoms with Crippen molar-refractivity contribution in [3.63, 3.8) is 0 Å². The Morgan fingerprint density at radius 1 is 0.750 bits per heavy atom. The molecule has 0 aromatic heterocycles. The van der Waals surface area contributed by atoms with Gasteiger partial charge in [-0.15, -0.1) is 0 Å². The molecule has 0 saturated heterocycles. The lowest BCUT2D eigenvalue weighted by Gasteiger charge is -2.09. The van der Waals surface area contributed by atoms with Crippen LogP contribution in [0.1, 0.15) is 19.4 Å². The molecule has 3 rings (SSSR count). The lowest BCUT2D eigenvalue weighted by Crippen LogP contribution is -1.93. The van der Waals surface area contributed by atoms with E-state index in [2.05, 4.69) is 80.6 Å². The molecular weight excluding hydrogens is 240 g/mol. The van der Waals surface area contributed by atoms with Crippen LogP contribution in [0.5, 0.6) is 0 Å². The van der Waals surface area contributed by atoms with Crippen LogP contribution in [0, 0.1) is 5.92 Å². The summed E-state index contributed by atoms with van der Waals surface area (Å²) in [5.41, 5.74) is 4.04. The number of hydrogen-bond acceptors (Lipinski definition) is 0. The highest BCUT2D eigenvalue weighted by molar-refractivity contribution is 5.96. The SMILES string of the molecule is CC(C)Cc1ccc(-c2cccc3ccccc23)cc1. The van der Waals surface area contributed by atoms with Crippen molar-refractivity contribution in [3.05, 3.63) is 72.3 Å². The third kappa shape index (κ3) is 2.60. The van der Waals surface area contributed by atoms with Gasteiger partial charge in [-0.3, -0.25) is 0 Å². The van der Waals surface area contributed by atoms with Gasteiger partial charge in [0.25, 0.3) is 0 Å².